The van der Waals surface area contributed by atoms with Crippen molar-refractivity contribution in [3.05, 3.63) is 35.9 Å². The summed E-state index contributed by atoms with van der Waals surface area (Å²) in [7, 11) is 3.12. The standard InChI is InChI=1S/C13H13NO3/c1-16-11-6-8-4-3-5-9(13(14)15)10(8)7-12(11)17-2/h3-7H,1-2H3,(H2,14,15). The van der Waals surface area contributed by atoms with Gasteiger partial charge in [-0.25, -0.2) is 0 Å². The number of fused-ring (bicyclic) bond motifs is 1. The fraction of sp³-hybridized carbons (Fsp3) is 0.154. The summed E-state index contributed by atoms with van der Waals surface area (Å²) in [6, 6.07) is 8.95. The second-order valence-corrected chi connectivity index (χ2v) is 3.60. The van der Waals surface area contributed by atoms with Gasteiger partial charge in [0.2, 0.25) is 5.91 Å². The molecule has 0 aromatic heterocycles. The van der Waals surface area contributed by atoms with E-state index in [0.717, 1.165) is 10.8 Å². The average molecular weight is 231 g/mol. The highest BCUT2D eigenvalue weighted by Crippen LogP contribution is 2.33. The molecule has 0 atom stereocenters. The van der Waals surface area contributed by atoms with E-state index in [-0.39, 0.29) is 0 Å². The molecule has 2 rings (SSSR count). The van der Waals surface area contributed by atoms with Crippen molar-refractivity contribution < 1.29 is 14.3 Å². The number of carbonyl (C=O) groups is 1. The normalized spacial score (nSPS) is 10.2. The summed E-state index contributed by atoms with van der Waals surface area (Å²) >= 11 is 0. The van der Waals surface area contributed by atoms with Crippen LogP contribution < -0.4 is 15.2 Å². The molecule has 0 aliphatic heterocycles. The quantitative estimate of drug-likeness (QED) is 0.878. The van der Waals surface area contributed by atoms with Gasteiger partial charge in [-0.3, -0.25) is 4.79 Å². The number of ether oxygens (including phenoxy) is 2. The smallest absolute Gasteiger partial charge is 0.249 e. The van der Waals surface area contributed by atoms with E-state index >= 15 is 0 Å². The number of benzene rings is 2. The van der Waals surface area contributed by atoms with Crippen molar-refractivity contribution in [1.29, 1.82) is 0 Å². The van der Waals surface area contributed by atoms with Crippen molar-refractivity contribution in [2.75, 3.05) is 14.2 Å². The summed E-state index contributed by atoms with van der Waals surface area (Å²) < 4.78 is 10.4. The lowest BCUT2D eigenvalue weighted by Crippen LogP contribution is -2.11. The Hall–Kier alpha value is -2.23. The third-order valence-electron chi connectivity index (χ3n) is 2.65. The molecule has 2 N–H and O–H groups in total. The maximum absolute atomic E-state index is 11.3. The summed E-state index contributed by atoms with van der Waals surface area (Å²) in [5.74, 6) is 0.748. The zero-order chi connectivity index (χ0) is 12.4. The van der Waals surface area contributed by atoms with Crippen LogP contribution in [0.1, 0.15) is 10.4 Å². The highest BCUT2D eigenvalue weighted by Gasteiger charge is 2.11. The molecule has 0 fully saturated rings. The molecule has 0 saturated heterocycles. The topological polar surface area (TPSA) is 61.5 Å². The highest BCUT2D eigenvalue weighted by atomic mass is 16.5. The van der Waals surface area contributed by atoms with Crippen LogP contribution >= 0.6 is 0 Å². The fourth-order valence-corrected chi connectivity index (χ4v) is 1.82. The fourth-order valence-electron chi connectivity index (χ4n) is 1.82. The lowest BCUT2D eigenvalue weighted by Gasteiger charge is -2.10. The van der Waals surface area contributed by atoms with Crippen LogP contribution in [0, 0.1) is 0 Å². The van der Waals surface area contributed by atoms with E-state index < -0.39 is 5.91 Å². The minimum absolute atomic E-state index is 0.456. The number of carbonyl (C=O) groups excluding carboxylic acids is 1. The number of nitrogens with two attached hydrogens (primary N) is 1. The van der Waals surface area contributed by atoms with Crippen molar-refractivity contribution in [3.8, 4) is 11.5 Å². The molecule has 0 saturated carbocycles. The molecule has 0 radical (unpaired) electrons. The van der Waals surface area contributed by atoms with Crippen LogP contribution in [0.4, 0.5) is 0 Å². The van der Waals surface area contributed by atoms with Crippen LogP contribution in [0.3, 0.4) is 0 Å². The lowest BCUT2D eigenvalue weighted by molar-refractivity contribution is 0.100. The molecule has 4 nitrogen and oxygen atoms in total. The summed E-state index contributed by atoms with van der Waals surface area (Å²) in [4.78, 5) is 11.3. The van der Waals surface area contributed by atoms with Crippen molar-refractivity contribution in [3.63, 3.8) is 0 Å². The Bertz CT molecular complexity index is 578. The van der Waals surface area contributed by atoms with Crippen LogP contribution in [-0.4, -0.2) is 20.1 Å². The third-order valence-corrected chi connectivity index (χ3v) is 2.65. The van der Waals surface area contributed by atoms with E-state index in [1.165, 1.54) is 0 Å². The molecule has 2 aromatic carbocycles. The Morgan fingerprint density at radius 3 is 2.35 bits per heavy atom. The summed E-state index contributed by atoms with van der Waals surface area (Å²) in [5, 5.41) is 1.65. The predicted molar refractivity (Wildman–Crippen MR) is 65.6 cm³/mol. The van der Waals surface area contributed by atoms with Gasteiger partial charge in [-0.05, 0) is 29.0 Å². The van der Waals surface area contributed by atoms with E-state index in [9.17, 15) is 4.79 Å². The van der Waals surface area contributed by atoms with Gasteiger partial charge in [-0.2, -0.15) is 0 Å². The molecule has 0 aliphatic rings. The van der Waals surface area contributed by atoms with Gasteiger partial charge in [0.05, 0.1) is 14.2 Å². The largest absolute Gasteiger partial charge is 0.493 e. The highest BCUT2D eigenvalue weighted by molar-refractivity contribution is 6.07. The van der Waals surface area contributed by atoms with Gasteiger partial charge in [0.1, 0.15) is 0 Å². The van der Waals surface area contributed by atoms with Gasteiger partial charge < -0.3 is 15.2 Å². The Labute approximate surface area is 98.9 Å². The van der Waals surface area contributed by atoms with E-state index in [1.807, 2.05) is 12.1 Å². The van der Waals surface area contributed by atoms with Gasteiger partial charge in [-0.15, -0.1) is 0 Å². The van der Waals surface area contributed by atoms with Crippen molar-refractivity contribution in [2.45, 2.75) is 0 Å². The Balaban J connectivity index is 2.78. The Morgan fingerprint density at radius 2 is 1.76 bits per heavy atom. The van der Waals surface area contributed by atoms with Crippen molar-refractivity contribution in [2.24, 2.45) is 5.73 Å². The van der Waals surface area contributed by atoms with Crippen LogP contribution in [0.5, 0.6) is 11.5 Å². The molecule has 2 aromatic rings. The molecule has 0 bridgehead atoms. The number of primary amides is 1. The van der Waals surface area contributed by atoms with Gasteiger partial charge in [-0.1, -0.05) is 12.1 Å². The second-order valence-electron chi connectivity index (χ2n) is 3.60. The summed E-state index contributed by atoms with van der Waals surface area (Å²) in [6.07, 6.45) is 0. The number of hydrogen-bond acceptors (Lipinski definition) is 3. The molecule has 0 heterocycles. The molecule has 0 unspecified atom stereocenters. The number of hydrogen-bond donors (Lipinski definition) is 1. The second kappa shape index (κ2) is 4.33. The van der Waals surface area contributed by atoms with Gasteiger partial charge in [0.25, 0.3) is 0 Å². The van der Waals surface area contributed by atoms with E-state index in [1.54, 1.807) is 32.4 Å². The first kappa shape index (κ1) is 11.3. The molecule has 17 heavy (non-hydrogen) atoms. The van der Waals surface area contributed by atoms with Crippen molar-refractivity contribution in [1.82, 2.24) is 0 Å². The molecule has 4 heteroatoms. The molecular weight excluding hydrogens is 218 g/mol. The first-order valence-corrected chi connectivity index (χ1v) is 5.12. The maximum atomic E-state index is 11.3. The minimum atomic E-state index is -0.456. The lowest BCUT2D eigenvalue weighted by atomic mass is 10.0. The number of methoxy groups -OCH3 is 2. The monoisotopic (exact) mass is 231 g/mol. The zero-order valence-corrected chi connectivity index (χ0v) is 9.69. The van der Waals surface area contributed by atoms with E-state index in [2.05, 4.69) is 0 Å². The zero-order valence-electron chi connectivity index (χ0n) is 9.69. The number of amides is 1. The van der Waals surface area contributed by atoms with Crippen LogP contribution in [-0.2, 0) is 0 Å². The van der Waals surface area contributed by atoms with Gasteiger partial charge >= 0.3 is 0 Å². The predicted octanol–water partition coefficient (Wildman–Crippen LogP) is 1.96. The van der Waals surface area contributed by atoms with Gasteiger partial charge in [0, 0.05) is 5.56 Å². The van der Waals surface area contributed by atoms with Crippen molar-refractivity contribution >= 4 is 16.7 Å². The third kappa shape index (κ3) is 1.89. The molecule has 0 aliphatic carbocycles. The van der Waals surface area contributed by atoms with Crippen LogP contribution in [0.15, 0.2) is 30.3 Å². The van der Waals surface area contributed by atoms with Gasteiger partial charge in [0.15, 0.2) is 11.5 Å². The molecular formula is C13H13NO3. The Morgan fingerprint density at radius 1 is 1.12 bits per heavy atom. The SMILES string of the molecule is COc1cc2cccc(C(N)=O)c2cc1OC. The van der Waals surface area contributed by atoms with Crippen LogP contribution in [0.2, 0.25) is 0 Å². The molecule has 0 spiro atoms. The molecule has 88 valence electrons. The van der Waals surface area contributed by atoms with E-state index in [4.69, 9.17) is 15.2 Å². The molecule has 1 amide bonds. The summed E-state index contributed by atoms with van der Waals surface area (Å²) in [5.41, 5.74) is 5.81. The van der Waals surface area contributed by atoms with Crippen LogP contribution in [0.25, 0.3) is 10.8 Å². The number of rotatable bonds is 3. The first-order chi connectivity index (χ1) is 8.17. The van der Waals surface area contributed by atoms with E-state index in [0.29, 0.717) is 17.1 Å². The summed E-state index contributed by atoms with van der Waals surface area (Å²) in [6.45, 7) is 0. The first-order valence-electron chi connectivity index (χ1n) is 5.12. The Kier molecular flexibility index (Phi) is 2.87. The minimum Gasteiger partial charge on any atom is -0.493 e. The maximum Gasteiger partial charge on any atom is 0.249 e. The average Bonchev–Trinajstić information content (AvgIpc) is 2.35.